The minimum atomic E-state index is 0.223. The molecule has 0 aromatic carbocycles. The Balaban J connectivity index is 2.25. The molecule has 0 spiro atoms. The summed E-state index contributed by atoms with van der Waals surface area (Å²) < 4.78 is 0. The Hall–Kier alpha value is -1.64. The number of hydrogen-bond acceptors (Lipinski definition) is 2. The number of allylic oxidation sites excluding steroid dienone is 6. The summed E-state index contributed by atoms with van der Waals surface area (Å²) in [6.45, 7) is 2.10. The molecular formula is C11H13N3. The number of H-pyrrole nitrogens is 1. The first kappa shape index (κ1) is 8.94. The Morgan fingerprint density at radius 3 is 3.14 bits per heavy atom. The second-order valence-electron chi connectivity index (χ2n) is 3.37. The van der Waals surface area contributed by atoms with Crippen LogP contribution in [0.1, 0.15) is 25.1 Å². The smallest absolute Gasteiger partial charge is 0.137 e. The molecule has 0 aliphatic heterocycles. The molecule has 2 rings (SSSR count). The summed E-state index contributed by atoms with van der Waals surface area (Å²) in [7, 11) is 0. The highest BCUT2D eigenvalue weighted by atomic mass is 15.2. The van der Waals surface area contributed by atoms with Crippen LogP contribution in [-0.2, 0) is 0 Å². The predicted molar refractivity (Wildman–Crippen MR) is 55.8 cm³/mol. The van der Waals surface area contributed by atoms with E-state index in [0.717, 1.165) is 12.2 Å². The zero-order valence-electron chi connectivity index (χ0n) is 8.14. The van der Waals surface area contributed by atoms with Crippen molar-refractivity contribution in [1.29, 1.82) is 0 Å². The molecule has 1 N–H and O–H groups in total. The molecule has 3 heteroatoms. The third kappa shape index (κ3) is 1.99. The van der Waals surface area contributed by atoms with Crippen LogP contribution in [0.3, 0.4) is 0 Å². The fourth-order valence-electron chi connectivity index (χ4n) is 1.42. The zero-order chi connectivity index (χ0) is 9.80. The minimum absolute atomic E-state index is 0.223. The highest BCUT2D eigenvalue weighted by molar-refractivity contribution is 5.26. The van der Waals surface area contributed by atoms with Crippen LogP contribution < -0.4 is 0 Å². The van der Waals surface area contributed by atoms with Gasteiger partial charge in [0.1, 0.15) is 12.2 Å². The molecule has 0 amide bonds. The van der Waals surface area contributed by atoms with E-state index in [2.05, 4.69) is 52.5 Å². The normalized spacial score (nSPS) is 27.5. The first-order valence-corrected chi connectivity index (χ1v) is 4.73. The monoisotopic (exact) mass is 187 g/mol. The van der Waals surface area contributed by atoms with E-state index in [0.29, 0.717) is 0 Å². The van der Waals surface area contributed by atoms with Crippen molar-refractivity contribution in [2.75, 3.05) is 0 Å². The maximum absolute atomic E-state index is 4.15. The van der Waals surface area contributed by atoms with Crippen LogP contribution in [0, 0.1) is 0 Å². The first-order chi connectivity index (χ1) is 6.86. The summed E-state index contributed by atoms with van der Waals surface area (Å²) in [5, 5.41) is 6.74. The van der Waals surface area contributed by atoms with Gasteiger partial charge in [0.2, 0.25) is 0 Å². The number of hydrogen-bond donors (Lipinski definition) is 1. The second-order valence-corrected chi connectivity index (χ2v) is 3.37. The Bertz CT molecular complexity index is 371. The minimum Gasteiger partial charge on any atom is -0.263 e. The summed E-state index contributed by atoms with van der Waals surface area (Å²) in [6.07, 6.45) is 13.3. The van der Waals surface area contributed by atoms with Crippen molar-refractivity contribution in [2.45, 2.75) is 19.3 Å². The lowest BCUT2D eigenvalue weighted by Gasteiger charge is -2.05. The predicted octanol–water partition coefficient (Wildman–Crippen LogP) is 2.35. The van der Waals surface area contributed by atoms with Gasteiger partial charge in [0, 0.05) is 0 Å². The molecule has 14 heavy (non-hydrogen) atoms. The third-order valence-electron chi connectivity index (χ3n) is 2.24. The van der Waals surface area contributed by atoms with Gasteiger partial charge in [-0.2, -0.15) is 5.10 Å². The lowest BCUT2D eigenvalue weighted by atomic mass is 10.0. The molecule has 0 radical (unpaired) electrons. The largest absolute Gasteiger partial charge is 0.263 e. The van der Waals surface area contributed by atoms with Crippen LogP contribution in [0.5, 0.6) is 0 Å². The molecule has 0 saturated heterocycles. The van der Waals surface area contributed by atoms with Crippen LogP contribution in [0.15, 0.2) is 42.3 Å². The van der Waals surface area contributed by atoms with Gasteiger partial charge in [-0.05, 0) is 13.3 Å². The Morgan fingerprint density at radius 1 is 1.43 bits per heavy atom. The van der Waals surface area contributed by atoms with Crippen LogP contribution in [0.2, 0.25) is 0 Å². The maximum Gasteiger partial charge on any atom is 0.137 e. The average Bonchev–Trinajstić information content (AvgIpc) is 2.65. The first-order valence-electron chi connectivity index (χ1n) is 4.73. The van der Waals surface area contributed by atoms with E-state index in [-0.39, 0.29) is 5.92 Å². The van der Waals surface area contributed by atoms with Crippen molar-refractivity contribution < 1.29 is 0 Å². The van der Waals surface area contributed by atoms with Crippen molar-refractivity contribution in [3.05, 3.63) is 48.1 Å². The SMILES string of the molecule is C/C1=C/C/C=C\C(c2ncn[nH]2)C=C1. The molecule has 1 aromatic heterocycles. The van der Waals surface area contributed by atoms with Crippen molar-refractivity contribution in [1.82, 2.24) is 15.2 Å². The fourth-order valence-corrected chi connectivity index (χ4v) is 1.42. The number of nitrogens with zero attached hydrogens (tertiary/aromatic N) is 2. The maximum atomic E-state index is 4.15. The second kappa shape index (κ2) is 4.05. The van der Waals surface area contributed by atoms with Gasteiger partial charge in [0.25, 0.3) is 0 Å². The molecule has 1 unspecified atom stereocenters. The summed E-state index contributed by atoms with van der Waals surface area (Å²) in [5.41, 5.74) is 1.29. The highest BCUT2D eigenvalue weighted by Crippen LogP contribution is 2.17. The highest BCUT2D eigenvalue weighted by Gasteiger charge is 2.07. The third-order valence-corrected chi connectivity index (χ3v) is 2.24. The van der Waals surface area contributed by atoms with E-state index in [1.807, 2.05) is 0 Å². The molecule has 1 atom stereocenters. The van der Waals surface area contributed by atoms with Crippen molar-refractivity contribution in [2.24, 2.45) is 0 Å². The molecule has 3 nitrogen and oxygen atoms in total. The summed E-state index contributed by atoms with van der Waals surface area (Å²) >= 11 is 0. The van der Waals surface area contributed by atoms with Gasteiger partial charge in [-0.3, -0.25) is 5.10 Å². The van der Waals surface area contributed by atoms with Crippen LogP contribution in [-0.4, -0.2) is 15.2 Å². The van der Waals surface area contributed by atoms with Gasteiger partial charge < -0.3 is 0 Å². The lowest BCUT2D eigenvalue weighted by molar-refractivity contribution is 0.908. The van der Waals surface area contributed by atoms with Gasteiger partial charge in [-0.1, -0.05) is 36.0 Å². The quantitative estimate of drug-likeness (QED) is 0.686. The number of aromatic amines is 1. The van der Waals surface area contributed by atoms with Gasteiger partial charge in [0.15, 0.2) is 0 Å². The molecule has 0 fully saturated rings. The fraction of sp³-hybridized carbons (Fsp3) is 0.273. The summed E-state index contributed by atoms with van der Waals surface area (Å²) in [4.78, 5) is 4.15. The van der Waals surface area contributed by atoms with E-state index < -0.39 is 0 Å². The lowest BCUT2D eigenvalue weighted by Crippen LogP contribution is -1.95. The molecule has 1 heterocycles. The van der Waals surface area contributed by atoms with Crippen molar-refractivity contribution in [3.63, 3.8) is 0 Å². The molecule has 0 saturated carbocycles. The molecule has 0 bridgehead atoms. The van der Waals surface area contributed by atoms with Crippen molar-refractivity contribution >= 4 is 0 Å². The topological polar surface area (TPSA) is 41.6 Å². The molecule has 1 aliphatic carbocycles. The molecule has 1 aromatic rings. The zero-order valence-corrected chi connectivity index (χ0v) is 8.14. The number of rotatable bonds is 1. The summed E-state index contributed by atoms with van der Waals surface area (Å²) in [5.74, 6) is 1.12. The molecule has 72 valence electrons. The molecule has 1 aliphatic rings. The van der Waals surface area contributed by atoms with Crippen LogP contribution in [0.4, 0.5) is 0 Å². The van der Waals surface area contributed by atoms with Gasteiger partial charge in [-0.25, -0.2) is 4.98 Å². The van der Waals surface area contributed by atoms with Crippen LogP contribution >= 0.6 is 0 Å². The average molecular weight is 187 g/mol. The number of aromatic nitrogens is 3. The number of nitrogens with one attached hydrogen (secondary N) is 1. The van der Waals surface area contributed by atoms with Crippen LogP contribution in [0.25, 0.3) is 0 Å². The Labute approximate surface area is 83.3 Å². The standard InChI is InChI=1S/C11H13N3/c1-9-4-2-3-5-10(7-6-9)11-12-8-13-14-11/h3-8,10H,2H2,1H3,(H,12,13,14)/b5-3-,7-6?,9-4-. The molecular weight excluding hydrogens is 174 g/mol. The van der Waals surface area contributed by atoms with Gasteiger partial charge in [0.05, 0.1) is 5.92 Å². The van der Waals surface area contributed by atoms with E-state index in [9.17, 15) is 0 Å². The van der Waals surface area contributed by atoms with Gasteiger partial charge >= 0.3 is 0 Å². The van der Waals surface area contributed by atoms with Crippen molar-refractivity contribution in [3.8, 4) is 0 Å². The van der Waals surface area contributed by atoms with Gasteiger partial charge in [-0.15, -0.1) is 0 Å². The van der Waals surface area contributed by atoms with E-state index in [1.54, 1.807) is 6.33 Å². The Kier molecular flexibility index (Phi) is 2.58. The Morgan fingerprint density at radius 2 is 2.36 bits per heavy atom. The van der Waals surface area contributed by atoms with E-state index >= 15 is 0 Å². The summed E-state index contributed by atoms with van der Waals surface area (Å²) in [6, 6.07) is 0. The van der Waals surface area contributed by atoms with E-state index in [1.165, 1.54) is 5.57 Å². The van der Waals surface area contributed by atoms with E-state index in [4.69, 9.17) is 0 Å².